The highest BCUT2D eigenvalue weighted by Gasteiger charge is 2.20. The van der Waals surface area contributed by atoms with Gasteiger partial charge in [0.05, 0.1) is 28.2 Å². The standard InChI is InChI=1S/C14H19N3OS/c1-9(2)18-12-7-5-4-6-11(12)13(17-15)14-10(3)16-8-19-14/h4-9,13,17H,15H2,1-3H3. The maximum Gasteiger partial charge on any atom is 0.124 e. The van der Waals surface area contributed by atoms with E-state index < -0.39 is 0 Å². The van der Waals surface area contributed by atoms with Gasteiger partial charge in [0, 0.05) is 5.56 Å². The fourth-order valence-electron chi connectivity index (χ4n) is 1.97. The van der Waals surface area contributed by atoms with Crippen LogP contribution in [0.5, 0.6) is 5.75 Å². The van der Waals surface area contributed by atoms with Gasteiger partial charge in [0.25, 0.3) is 0 Å². The van der Waals surface area contributed by atoms with Crippen molar-refractivity contribution < 1.29 is 4.74 Å². The molecule has 102 valence electrons. The topological polar surface area (TPSA) is 60.2 Å². The first-order chi connectivity index (χ1) is 9.13. The zero-order chi connectivity index (χ0) is 13.8. The number of rotatable bonds is 5. The van der Waals surface area contributed by atoms with Gasteiger partial charge in [-0.15, -0.1) is 11.3 Å². The van der Waals surface area contributed by atoms with Gasteiger partial charge in [-0.3, -0.25) is 5.84 Å². The van der Waals surface area contributed by atoms with E-state index in [1.54, 1.807) is 11.3 Å². The molecule has 3 N–H and O–H groups in total. The minimum Gasteiger partial charge on any atom is -0.491 e. The number of para-hydroxylation sites is 1. The minimum atomic E-state index is -0.0950. The molecule has 0 saturated carbocycles. The van der Waals surface area contributed by atoms with Gasteiger partial charge in [-0.2, -0.15) is 0 Å². The summed E-state index contributed by atoms with van der Waals surface area (Å²) in [5, 5.41) is 0. The highest BCUT2D eigenvalue weighted by Crippen LogP contribution is 2.33. The number of hydrazine groups is 1. The van der Waals surface area contributed by atoms with Crippen LogP contribution < -0.4 is 16.0 Å². The number of aromatic nitrogens is 1. The normalized spacial score (nSPS) is 12.7. The highest BCUT2D eigenvalue weighted by molar-refractivity contribution is 7.09. The molecule has 0 aliphatic carbocycles. The fourth-order valence-corrected chi connectivity index (χ4v) is 2.85. The Morgan fingerprint density at radius 2 is 2.05 bits per heavy atom. The van der Waals surface area contributed by atoms with Crippen LogP contribution in [-0.2, 0) is 0 Å². The van der Waals surface area contributed by atoms with Gasteiger partial charge in [-0.25, -0.2) is 10.4 Å². The van der Waals surface area contributed by atoms with Crippen molar-refractivity contribution in [3.05, 3.63) is 45.9 Å². The van der Waals surface area contributed by atoms with Gasteiger partial charge in [0.2, 0.25) is 0 Å². The van der Waals surface area contributed by atoms with E-state index in [-0.39, 0.29) is 12.1 Å². The van der Waals surface area contributed by atoms with E-state index in [2.05, 4.69) is 10.4 Å². The molecule has 0 saturated heterocycles. The number of ether oxygens (including phenoxy) is 1. The van der Waals surface area contributed by atoms with Crippen LogP contribution in [0.4, 0.5) is 0 Å². The summed E-state index contributed by atoms with van der Waals surface area (Å²) < 4.78 is 5.85. The Kier molecular flexibility index (Phi) is 4.52. The van der Waals surface area contributed by atoms with E-state index >= 15 is 0 Å². The molecule has 4 nitrogen and oxygen atoms in total. The number of benzene rings is 1. The Morgan fingerprint density at radius 3 is 2.63 bits per heavy atom. The average Bonchev–Trinajstić information content (AvgIpc) is 2.78. The molecule has 0 amide bonds. The van der Waals surface area contributed by atoms with Crippen molar-refractivity contribution in [2.75, 3.05) is 0 Å². The fraction of sp³-hybridized carbons (Fsp3) is 0.357. The number of hydrogen-bond acceptors (Lipinski definition) is 5. The van der Waals surface area contributed by atoms with Crippen molar-refractivity contribution in [1.82, 2.24) is 10.4 Å². The predicted octanol–water partition coefficient (Wildman–Crippen LogP) is 2.79. The zero-order valence-electron chi connectivity index (χ0n) is 11.4. The van der Waals surface area contributed by atoms with Crippen molar-refractivity contribution in [3.8, 4) is 5.75 Å². The van der Waals surface area contributed by atoms with Crippen molar-refractivity contribution in [2.45, 2.75) is 32.9 Å². The summed E-state index contributed by atoms with van der Waals surface area (Å²) in [6, 6.07) is 7.86. The third-order valence-corrected chi connectivity index (χ3v) is 3.80. The van der Waals surface area contributed by atoms with Crippen LogP contribution in [0.25, 0.3) is 0 Å². The van der Waals surface area contributed by atoms with Crippen LogP contribution in [-0.4, -0.2) is 11.1 Å². The van der Waals surface area contributed by atoms with Crippen molar-refractivity contribution in [2.24, 2.45) is 5.84 Å². The first kappa shape index (κ1) is 14.0. The molecule has 2 aromatic rings. The van der Waals surface area contributed by atoms with Crippen molar-refractivity contribution >= 4 is 11.3 Å². The van der Waals surface area contributed by atoms with Gasteiger partial charge in [-0.1, -0.05) is 18.2 Å². The Hall–Kier alpha value is -1.43. The Balaban J connectivity index is 2.41. The molecule has 0 radical (unpaired) electrons. The molecule has 0 aliphatic heterocycles. The van der Waals surface area contributed by atoms with Crippen molar-refractivity contribution in [1.29, 1.82) is 0 Å². The van der Waals surface area contributed by atoms with Crippen molar-refractivity contribution in [3.63, 3.8) is 0 Å². The van der Waals surface area contributed by atoms with Crippen LogP contribution in [0.1, 0.15) is 36.0 Å². The molecule has 0 fully saturated rings. The molecular weight excluding hydrogens is 258 g/mol. The lowest BCUT2D eigenvalue weighted by molar-refractivity contribution is 0.238. The maximum absolute atomic E-state index is 5.85. The molecule has 1 unspecified atom stereocenters. The maximum atomic E-state index is 5.85. The lowest BCUT2D eigenvalue weighted by Crippen LogP contribution is -2.29. The second-order valence-electron chi connectivity index (χ2n) is 4.61. The number of thiazole rings is 1. The van der Waals surface area contributed by atoms with E-state index in [0.29, 0.717) is 0 Å². The van der Waals surface area contributed by atoms with Gasteiger partial charge >= 0.3 is 0 Å². The number of nitrogens with one attached hydrogen (secondary N) is 1. The summed E-state index contributed by atoms with van der Waals surface area (Å²) in [5.74, 6) is 6.59. The van der Waals surface area contributed by atoms with E-state index in [9.17, 15) is 0 Å². The highest BCUT2D eigenvalue weighted by atomic mass is 32.1. The molecule has 1 aromatic carbocycles. The smallest absolute Gasteiger partial charge is 0.124 e. The lowest BCUT2D eigenvalue weighted by atomic mass is 10.0. The number of hydrogen-bond donors (Lipinski definition) is 2. The summed E-state index contributed by atoms with van der Waals surface area (Å²) in [7, 11) is 0. The third-order valence-electron chi connectivity index (χ3n) is 2.80. The Labute approximate surface area is 117 Å². The second-order valence-corrected chi connectivity index (χ2v) is 5.49. The average molecular weight is 277 g/mol. The van der Waals surface area contributed by atoms with Crippen LogP contribution >= 0.6 is 11.3 Å². The van der Waals surface area contributed by atoms with E-state index in [0.717, 1.165) is 21.9 Å². The first-order valence-electron chi connectivity index (χ1n) is 6.25. The molecular formula is C14H19N3OS. The van der Waals surface area contributed by atoms with Crippen LogP contribution in [0.2, 0.25) is 0 Å². The van der Waals surface area contributed by atoms with Gasteiger partial charge in [0.1, 0.15) is 5.75 Å². The SMILES string of the molecule is Cc1ncsc1C(NN)c1ccccc1OC(C)C. The molecule has 5 heteroatoms. The third kappa shape index (κ3) is 3.12. The summed E-state index contributed by atoms with van der Waals surface area (Å²) in [4.78, 5) is 5.40. The summed E-state index contributed by atoms with van der Waals surface area (Å²) in [5.41, 5.74) is 6.73. The summed E-state index contributed by atoms with van der Waals surface area (Å²) >= 11 is 1.60. The molecule has 1 heterocycles. The molecule has 2 rings (SSSR count). The molecule has 19 heavy (non-hydrogen) atoms. The van der Waals surface area contributed by atoms with Gasteiger partial charge < -0.3 is 4.74 Å². The Bertz CT molecular complexity index is 539. The quantitative estimate of drug-likeness (QED) is 0.651. The minimum absolute atomic E-state index is 0.0950. The summed E-state index contributed by atoms with van der Waals surface area (Å²) in [6.07, 6.45) is 0.127. The largest absolute Gasteiger partial charge is 0.491 e. The Morgan fingerprint density at radius 1 is 1.32 bits per heavy atom. The lowest BCUT2D eigenvalue weighted by Gasteiger charge is -2.20. The van der Waals surface area contributed by atoms with Crippen LogP contribution in [0.3, 0.4) is 0 Å². The monoisotopic (exact) mass is 277 g/mol. The molecule has 0 spiro atoms. The zero-order valence-corrected chi connectivity index (χ0v) is 12.2. The van der Waals surface area contributed by atoms with E-state index in [1.807, 2.05) is 50.5 Å². The molecule has 0 bridgehead atoms. The second kappa shape index (κ2) is 6.14. The molecule has 0 aliphatic rings. The number of nitrogens with zero attached hydrogens (tertiary/aromatic N) is 1. The van der Waals surface area contributed by atoms with Gasteiger partial charge in [0.15, 0.2) is 0 Å². The van der Waals surface area contributed by atoms with Gasteiger partial charge in [-0.05, 0) is 26.8 Å². The number of aryl methyl sites for hydroxylation is 1. The first-order valence-corrected chi connectivity index (χ1v) is 7.13. The molecule has 1 atom stereocenters. The van der Waals surface area contributed by atoms with Crippen LogP contribution in [0.15, 0.2) is 29.8 Å². The summed E-state index contributed by atoms with van der Waals surface area (Å²) in [6.45, 7) is 6.02. The van der Waals surface area contributed by atoms with Crippen LogP contribution in [0, 0.1) is 6.92 Å². The van der Waals surface area contributed by atoms with E-state index in [4.69, 9.17) is 10.6 Å². The van der Waals surface area contributed by atoms with E-state index in [1.165, 1.54) is 0 Å². The molecule has 1 aromatic heterocycles. The predicted molar refractivity (Wildman–Crippen MR) is 78.2 cm³/mol. The number of nitrogens with two attached hydrogens (primary N) is 1.